The molecule has 2 aliphatic rings. The first-order valence-corrected chi connectivity index (χ1v) is 10.00. The molecule has 172 valence electrons. The number of carbonyl (C=O) groups excluding carboxylic acids is 4. The van der Waals surface area contributed by atoms with Crippen LogP contribution in [0.5, 0.6) is 11.5 Å². The number of hydrogen-bond donors (Lipinski definition) is 1. The third kappa shape index (κ3) is 18.3. The van der Waals surface area contributed by atoms with Crippen molar-refractivity contribution < 1.29 is 38.5 Å². The number of phenolic OH excluding ortho intramolecular Hbond substituents is 1. The number of aromatic hydroxyl groups is 1. The van der Waals surface area contributed by atoms with Gasteiger partial charge in [0.1, 0.15) is 11.5 Å². The molecule has 32 heavy (non-hydrogen) atoms. The fourth-order valence-electron chi connectivity index (χ4n) is 2.37. The van der Waals surface area contributed by atoms with Gasteiger partial charge in [-0.05, 0) is 56.0 Å². The molecule has 0 aromatic heterocycles. The van der Waals surface area contributed by atoms with Gasteiger partial charge in [-0.2, -0.15) is 19.2 Å². The monoisotopic (exact) mass is 444 g/mol. The molecule has 0 radical (unpaired) electrons. The number of benzene rings is 2. The molecule has 1 saturated heterocycles. The summed E-state index contributed by atoms with van der Waals surface area (Å²) in [4.78, 5) is 32.5. The molecule has 1 N–H and O–H groups in total. The number of rotatable bonds is 2. The molecule has 0 spiro atoms. The molecule has 0 saturated carbocycles. The van der Waals surface area contributed by atoms with Crippen molar-refractivity contribution in [2.45, 2.75) is 38.4 Å². The van der Waals surface area contributed by atoms with E-state index in [1.165, 1.54) is 19.3 Å². The van der Waals surface area contributed by atoms with Gasteiger partial charge in [0.2, 0.25) is 0 Å². The highest BCUT2D eigenvalue weighted by molar-refractivity contribution is 5.21. The first-order chi connectivity index (χ1) is 15.7. The second kappa shape index (κ2) is 22.0. The number of allylic oxidation sites excluding steroid dienone is 1. The summed E-state index contributed by atoms with van der Waals surface area (Å²) < 4.78 is 16.0. The minimum absolute atomic E-state index is 0.0313. The lowest BCUT2D eigenvalue weighted by atomic mass is 10.2. The van der Waals surface area contributed by atoms with Crippen LogP contribution in [0.2, 0.25) is 0 Å². The zero-order chi connectivity index (χ0) is 23.7. The summed E-state index contributed by atoms with van der Waals surface area (Å²) in [6, 6.07) is 18.5. The predicted molar refractivity (Wildman–Crippen MR) is 113 cm³/mol. The Morgan fingerprint density at radius 2 is 1.41 bits per heavy atom. The highest BCUT2D eigenvalue weighted by atomic mass is 16.7. The Morgan fingerprint density at radius 1 is 0.812 bits per heavy atom. The molecule has 2 heterocycles. The molecule has 1 unspecified atom stereocenters. The fourth-order valence-corrected chi connectivity index (χ4v) is 2.37. The van der Waals surface area contributed by atoms with Gasteiger partial charge in [0.05, 0.1) is 19.5 Å². The molecule has 2 aromatic carbocycles. The summed E-state index contributed by atoms with van der Waals surface area (Å²) in [5.74, 6) is 1.22. The molecule has 0 amide bonds. The number of para-hydroxylation sites is 2. The van der Waals surface area contributed by atoms with E-state index in [2.05, 4.69) is 0 Å². The Hall–Kier alpha value is -3.70. The van der Waals surface area contributed by atoms with Crippen LogP contribution in [-0.2, 0) is 28.7 Å². The third-order valence-electron chi connectivity index (χ3n) is 3.73. The second-order valence-electron chi connectivity index (χ2n) is 6.11. The van der Waals surface area contributed by atoms with Crippen molar-refractivity contribution in [1.29, 1.82) is 0 Å². The van der Waals surface area contributed by atoms with E-state index < -0.39 is 0 Å². The normalized spacial score (nSPS) is 15.3. The molecular weight excluding hydrogens is 416 g/mol. The number of ether oxygens (including phenoxy) is 3. The van der Waals surface area contributed by atoms with Crippen LogP contribution in [0, 0.1) is 0 Å². The van der Waals surface area contributed by atoms with E-state index in [-0.39, 0.29) is 18.6 Å². The standard InChI is InChI=1S/C11H14O2.C6H6O.C5H8O.2CO2/c1-2-6-10(7-3-1)13-11-8-4-5-9-12-11;7-6-4-2-1-3-5-6;1-2-4-6-5-3-1;2*2-1-3/h1-3,6-7,11H,4-5,8-9H2;1-5,7H;2,4H,1,3,5H2;;. The smallest absolute Gasteiger partial charge is 0.373 e. The van der Waals surface area contributed by atoms with Crippen LogP contribution in [0.4, 0.5) is 0 Å². The van der Waals surface area contributed by atoms with Gasteiger partial charge >= 0.3 is 12.3 Å². The van der Waals surface area contributed by atoms with E-state index in [1.807, 2.05) is 42.5 Å². The van der Waals surface area contributed by atoms with Crippen LogP contribution in [0.1, 0.15) is 32.1 Å². The molecule has 8 heteroatoms. The van der Waals surface area contributed by atoms with Crippen molar-refractivity contribution >= 4 is 12.3 Å². The van der Waals surface area contributed by atoms with E-state index >= 15 is 0 Å². The Labute approximate surface area is 187 Å². The lowest BCUT2D eigenvalue weighted by Crippen LogP contribution is -2.24. The summed E-state index contributed by atoms with van der Waals surface area (Å²) in [5.41, 5.74) is 0. The van der Waals surface area contributed by atoms with Crippen LogP contribution in [0.3, 0.4) is 0 Å². The van der Waals surface area contributed by atoms with Gasteiger partial charge in [-0.15, -0.1) is 0 Å². The van der Waals surface area contributed by atoms with Crippen molar-refractivity contribution in [2.75, 3.05) is 13.2 Å². The van der Waals surface area contributed by atoms with Crippen molar-refractivity contribution in [3.05, 3.63) is 73.0 Å². The Bertz CT molecular complexity index is 739. The molecule has 0 aliphatic carbocycles. The van der Waals surface area contributed by atoms with Gasteiger partial charge in [0.15, 0.2) is 6.29 Å². The summed E-state index contributed by atoms with van der Waals surface area (Å²) in [5, 5.41) is 8.63. The molecule has 2 aliphatic heterocycles. The summed E-state index contributed by atoms with van der Waals surface area (Å²) in [7, 11) is 0. The van der Waals surface area contributed by atoms with E-state index in [0.29, 0.717) is 5.75 Å². The maximum absolute atomic E-state index is 8.63. The Morgan fingerprint density at radius 3 is 1.75 bits per heavy atom. The molecule has 8 nitrogen and oxygen atoms in total. The van der Waals surface area contributed by atoms with Crippen molar-refractivity contribution in [2.24, 2.45) is 0 Å². The van der Waals surface area contributed by atoms with Crippen LogP contribution in [0.25, 0.3) is 0 Å². The molecule has 0 bridgehead atoms. The number of hydrogen-bond acceptors (Lipinski definition) is 8. The maximum Gasteiger partial charge on any atom is 0.373 e. The lowest BCUT2D eigenvalue weighted by Gasteiger charge is -2.23. The maximum atomic E-state index is 8.63. The molecule has 4 rings (SSSR count). The first-order valence-electron chi connectivity index (χ1n) is 10.00. The summed E-state index contributed by atoms with van der Waals surface area (Å²) in [6.45, 7) is 1.74. The van der Waals surface area contributed by atoms with Gasteiger partial charge in [-0.25, -0.2) is 0 Å². The summed E-state index contributed by atoms with van der Waals surface area (Å²) in [6.07, 6.45) is 10.0. The second-order valence-corrected chi connectivity index (χ2v) is 6.11. The Kier molecular flexibility index (Phi) is 19.5. The van der Waals surface area contributed by atoms with Gasteiger partial charge < -0.3 is 19.3 Å². The van der Waals surface area contributed by atoms with Crippen molar-refractivity contribution in [3.63, 3.8) is 0 Å². The summed E-state index contributed by atoms with van der Waals surface area (Å²) >= 11 is 0. The fraction of sp³-hybridized carbons (Fsp3) is 0.333. The topological polar surface area (TPSA) is 116 Å². The van der Waals surface area contributed by atoms with Gasteiger partial charge in [-0.1, -0.05) is 36.4 Å². The van der Waals surface area contributed by atoms with E-state index in [9.17, 15) is 0 Å². The van der Waals surface area contributed by atoms with Crippen LogP contribution >= 0.6 is 0 Å². The SMILES string of the molecule is C1=COCCC1.O=C=O.O=C=O.Oc1ccccc1.c1ccc(OC2CCCCO2)cc1. The van der Waals surface area contributed by atoms with Crippen molar-refractivity contribution in [3.8, 4) is 11.5 Å². The zero-order valence-corrected chi connectivity index (χ0v) is 17.8. The molecule has 2 aromatic rings. The minimum Gasteiger partial charge on any atom is -0.508 e. The largest absolute Gasteiger partial charge is 0.508 e. The zero-order valence-electron chi connectivity index (χ0n) is 17.8. The highest BCUT2D eigenvalue weighted by Gasteiger charge is 2.14. The van der Waals surface area contributed by atoms with E-state index in [1.54, 1.807) is 30.5 Å². The molecule has 1 fully saturated rings. The minimum atomic E-state index is -0.0313. The molecule has 1 atom stereocenters. The third-order valence-corrected chi connectivity index (χ3v) is 3.73. The lowest BCUT2D eigenvalue weighted by molar-refractivity contribution is -0.193. The quantitative estimate of drug-likeness (QED) is 0.735. The predicted octanol–water partition coefficient (Wildman–Crippen LogP) is 4.13. The Balaban J connectivity index is 0.000000430. The molecular formula is C24H28O8. The van der Waals surface area contributed by atoms with Crippen LogP contribution < -0.4 is 4.74 Å². The average Bonchev–Trinajstić information content (AvgIpc) is 2.84. The van der Waals surface area contributed by atoms with Gasteiger partial charge in [-0.3, -0.25) is 0 Å². The van der Waals surface area contributed by atoms with Crippen LogP contribution in [0.15, 0.2) is 73.0 Å². The average molecular weight is 444 g/mol. The van der Waals surface area contributed by atoms with Crippen LogP contribution in [-0.4, -0.2) is 36.9 Å². The van der Waals surface area contributed by atoms with Crippen molar-refractivity contribution in [1.82, 2.24) is 0 Å². The van der Waals surface area contributed by atoms with Gasteiger partial charge in [0.25, 0.3) is 0 Å². The highest BCUT2D eigenvalue weighted by Crippen LogP contribution is 2.18. The van der Waals surface area contributed by atoms with E-state index in [4.69, 9.17) is 38.5 Å². The van der Waals surface area contributed by atoms with E-state index in [0.717, 1.165) is 31.8 Å². The van der Waals surface area contributed by atoms with Gasteiger partial charge in [0, 0.05) is 6.42 Å². The number of phenols is 1. The first kappa shape index (κ1) is 28.3.